The van der Waals surface area contributed by atoms with Crippen molar-refractivity contribution in [1.82, 2.24) is 5.32 Å². The molecular weight excluding hydrogens is 371 g/mol. The minimum atomic E-state index is -4.57. The fraction of sp³-hybridized carbons (Fsp3) is 0.500. The molecule has 0 unspecified atom stereocenters. The van der Waals surface area contributed by atoms with Crippen LogP contribution in [0.3, 0.4) is 0 Å². The Kier molecular flexibility index (Phi) is 4.88. The average molecular weight is 385 g/mol. The predicted octanol–water partition coefficient (Wildman–Crippen LogP) is 4.61. The predicted molar refractivity (Wildman–Crippen MR) is 78.5 cm³/mol. The van der Waals surface area contributed by atoms with Crippen molar-refractivity contribution in [2.45, 2.75) is 25.4 Å². The maximum Gasteiger partial charge on any atom is 0.417 e. The molecule has 0 aromatic heterocycles. The van der Waals surface area contributed by atoms with E-state index in [2.05, 4.69) is 21.2 Å². The van der Waals surface area contributed by atoms with E-state index in [0.29, 0.717) is 12.4 Å². The quantitative estimate of drug-likeness (QED) is 0.738. The highest BCUT2D eigenvalue weighted by Crippen LogP contribution is 2.48. The SMILES string of the molecule is O=C(NCC1(CCCl)CC1)c1ccc(Br)cc1C(F)(F)F. The molecule has 21 heavy (non-hydrogen) atoms. The molecule has 1 N–H and O–H groups in total. The maximum atomic E-state index is 13.0. The van der Waals surface area contributed by atoms with Gasteiger partial charge in [-0.25, -0.2) is 0 Å². The molecule has 2 rings (SSSR count). The van der Waals surface area contributed by atoms with Gasteiger partial charge in [0.15, 0.2) is 0 Å². The molecular formula is C14H14BrClF3NO. The van der Waals surface area contributed by atoms with Gasteiger partial charge in [-0.2, -0.15) is 13.2 Å². The van der Waals surface area contributed by atoms with Crippen LogP contribution in [0, 0.1) is 5.41 Å². The van der Waals surface area contributed by atoms with Crippen LogP contribution in [0.2, 0.25) is 0 Å². The van der Waals surface area contributed by atoms with Gasteiger partial charge in [0, 0.05) is 16.9 Å². The van der Waals surface area contributed by atoms with E-state index in [0.717, 1.165) is 25.3 Å². The highest BCUT2D eigenvalue weighted by molar-refractivity contribution is 9.10. The monoisotopic (exact) mass is 383 g/mol. The molecule has 1 aliphatic carbocycles. The third kappa shape index (κ3) is 4.13. The van der Waals surface area contributed by atoms with E-state index in [9.17, 15) is 18.0 Å². The largest absolute Gasteiger partial charge is 0.417 e. The molecule has 7 heteroatoms. The summed E-state index contributed by atoms with van der Waals surface area (Å²) in [5.74, 6) is -0.210. The summed E-state index contributed by atoms with van der Waals surface area (Å²) in [4.78, 5) is 12.0. The number of amides is 1. The summed E-state index contributed by atoms with van der Waals surface area (Å²) in [5.41, 5.74) is -1.31. The molecule has 0 bridgehead atoms. The molecule has 0 saturated heterocycles. The minimum Gasteiger partial charge on any atom is -0.351 e. The number of nitrogens with one attached hydrogen (secondary N) is 1. The van der Waals surface area contributed by atoms with Crippen molar-refractivity contribution in [3.63, 3.8) is 0 Å². The van der Waals surface area contributed by atoms with Crippen molar-refractivity contribution in [2.75, 3.05) is 12.4 Å². The first kappa shape index (κ1) is 16.6. The summed E-state index contributed by atoms with van der Waals surface area (Å²) in [6, 6.07) is 3.53. The number of halogens is 5. The van der Waals surface area contributed by atoms with Crippen molar-refractivity contribution in [1.29, 1.82) is 0 Å². The first-order chi connectivity index (χ1) is 9.77. The number of benzene rings is 1. The van der Waals surface area contributed by atoms with Crippen LogP contribution in [0.25, 0.3) is 0 Å². The molecule has 116 valence electrons. The highest BCUT2D eigenvalue weighted by atomic mass is 79.9. The van der Waals surface area contributed by atoms with Gasteiger partial charge in [0.2, 0.25) is 0 Å². The first-order valence-corrected chi connectivity index (χ1v) is 7.81. The summed E-state index contributed by atoms with van der Waals surface area (Å²) >= 11 is 8.69. The second-order valence-electron chi connectivity index (χ2n) is 5.31. The number of hydrogen-bond donors (Lipinski definition) is 1. The fourth-order valence-electron chi connectivity index (χ4n) is 2.20. The van der Waals surface area contributed by atoms with E-state index in [1.165, 1.54) is 12.1 Å². The number of carbonyl (C=O) groups excluding carboxylic acids is 1. The lowest BCUT2D eigenvalue weighted by molar-refractivity contribution is -0.138. The molecule has 1 aliphatic rings. The van der Waals surface area contributed by atoms with Gasteiger partial charge in [-0.05, 0) is 42.9 Å². The molecule has 0 radical (unpaired) electrons. The Morgan fingerprint density at radius 3 is 2.57 bits per heavy atom. The van der Waals surface area contributed by atoms with E-state index in [1.807, 2.05) is 0 Å². The molecule has 1 saturated carbocycles. The van der Waals surface area contributed by atoms with Crippen LogP contribution >= 0.6 is 27.5 Å². The lowest BCUT2D eigenvalue weighted by Crippen LogP contribution is -2.32. The van der Waals surface area contributed by atoms with Crippen LogP contribution in [-0.2, 0) is 6.18 Å². The van der Waals surface area contributed by atoms with Gasteiger partial charge in [0.05, 0.1) is 11.1 Å². The Hall–Kier alpha value is -0.750. The van der Waals surface area contributed by atoms with Gasteiger partial charge < -0.3 is 5.32 Å². The second kappa shape index (κ2) is 6.16. The summed E-state index contributed by atoms with van der Waals surface area (Å²) in [6.07, 6.45) is -1.90. The average Bonchev–Trinajstić information content (AvgIpc) is 3.16. The van der Waals surface area contributed by atoms with Gasteiger partial charge >= 0.3 is 6.18 Å². The van der Waals surface area contributed by atoms with E-state index in [-0.39, 0.29) is 15.5 Å². The minimum absolute atomic E-state index is 0.0226. The summed E-state index contributed by atoms with van der Waals surface area (Å²) in [6.45, 7) is 0.367. The Bertz CT molecular complexity index is 544. The first-order valence-electron chi connectivity index (χ1n) is 6.48. The van der Waals surface area contributed by atoms with E-state index in [4.69, 9.17) is 11.6 Å². The molecule has 1 aromatic rings. The lowest BCUT2D eigenvalue weighted by atomic mass is 10.0. The van der Waals surface area contributed by atoms with E-state index < -0.39 is 17.6 Å². The second-order valence-corrected chi connectivity index (χ2v) is 6.60. The van der Waals surface area contributed by atoms with Crippen LogP contribution in [0.1, 0.15) is 35.2 Å². The summed E-state index contributed by atoms with van der Waals surface area (Å²) in [5, 5.41) is 2.61. The molecule has 0 atom stereocenters. The van der Waals surface area contributed by atoms with Crippen molar-refractivity contribution in [3.05, 3.63) is 33.8 Å². The Morgan fingerprint density at radius 2 is 2.05 bits per heavy atom. The van der Waals surface area contributed by atoms with Crippen LogP contribution in [0.4, 0.5) is 13.2 Å². The van der Waals surface area contributed by atoms with Gasteiger partial charge in [-0.3, -0.25) is 4.79 Å². The third-order valence-electron chi connectivity index (χ3n) is 3.74. The lowest BCUT2D eigenvalue weighted by Gasteiger charge is -2.17. The zero-order chi connectivity index (χ0) is 15.7. The molecule has 0 heterocycles. The van der Waals surface area contributed by atoms with Crippen molar-refractivity contribution in [3.8, 4) is 0 Å². The zero-order valence-electron chi connectivity index (χ0n) is 11.1. The van der Waals surface area contributed by atoms with Crippen molar-refractivity contribution < 1.29 is 18.0 Å². The van der Waals surface area contributed by atoms with E-state index in [1.54, 1.807) is 0 Å². The number of rotatable bonds is 5. The molecule has 1 fully saturated rings. The van der Waals surface area contributed by atoms with Crippen molar-refractivity contribution in [2.24, 2.45) is 5.41 Å². The summed E-state index contributed by atoms with van der Waals surface area (Å²) in [7, 11) is 0. The van der Waals surface area contributed by atoms with Crippen LogP contribution < -0.4 is 5.32 Å². The van der Waals surface area contributed by atoms with Gasteiger partial charge in [-0.1, -0.05) is 15.9 Å². The van der Waals surface area contributed by atoms with Gasteiger partial charge in [0.1, 0.15) is 0 Å². The van der Waals surface area contributed by atoms with Gasteiger partial charge in [-0.15, -0.1) is 11.6 Å². The molecule has 0 aliphatic heterocycles. The molecule has 1 amide bonds. The molecule has 1 aromatic carbocycles. The Balaban J connectivity index is 2.12. The van der Waals surface area contributed by atoms with E-state index >= 15 is 0 Å². The Morgan fingerprint density at radius 1 is 1.38 bits per heavy atom. The fourth-order valence-corrected chi connectivity index (χ4v) is 2.97. The number of carbonyl (C=O) groups is 1. The maximum absolute atomic E-state index is 13.0. The Labute approximate surface area is 134 Å². The normalized spacial score (nSPS) is 16.6. The third-order valence-corrected chi connectivity index (χ3v) is 4.42. The van der Waals surface area contributed by atoms with Crippen LogP contribution in [0.5, 0.6) is 0 Å². The highest BCUT2D eigenvalue weighted by Gasteiger charge is 2.42. The topological polar surface area (TPSA) is 29.1 Å². The molecule has 2 nitrogen and oxygen atoms in total. The van der Waals surface area contributed by atoms with Gasteiger partial charge in [0.25, 0.3) is 5.91 Å². The molecule has 0 spiro atoms. The number of hydrogen-bond acceptors (Lipinski definition) is 1. The van der Waals surface area contributed by atoms with Crippen LogP contribution in [-0.4, -0.2) is 18.3 Å². The summed E-state index contributed by atoms with van der Waals surface area (Å²) < 4.78 is 39.2. The van der Waals surface area contributed by atoms with Crippen LogP contribution in [0.15, 0.2) is 22.7 Å². The zero-order valence-corrected chi connectivity index (χ0v) is 13.4. The van der Waals surface area contributed by atoms with Crippen molar-refractivity contribution >= 4 is 33.4 Å². The standard InChI is InChI=1S/C14H14BrClF3NO/c15-9-1-2-10(11(7-9)14(17,18)19)12(21)20-8-13(3-4-13)5-6-16/h1-2,7H,3-6,8H2,(H,20,21). The smallest absolute Gasteiger partial charge is 0.351 e. The number of alkyl halides is 4.